The van der Waals surface area contributed by atoms with Gasteiger partial charge in [-0.25, -0.2) is 9.86 Å². The van der Waals surface area contributed by atoms with Gasteiger partial charge in [0.2, 0.25) is 0 Å². The summed E-state index contributed by atoms with van der Waals surface area (Å²) in [6.45, 7) is 4.99. The molecule has 0 bridgehead atoms. The number of benzene rings is 2. The maximum Gasteiger partial charge on any atom is 0.407 e. The van der Waals surface area contributed by atoms with Crippen molar-refractivity contribution in [3.63, 3.8) is 0 Å². The molecule has 0 fully saturated rings. The Bertz CT molecular complexity index is 880. The van der Waals surface area contributed by atoms with Crippen molar-refractivity contribution in [1.82, 2.24) is 10.4 Å². The van der Waals surface area contributed by atoms with Gasteiger partial charge in [0.1, 0.15) is 6.61 Å². The third kappa shape index (κ3) is 7.75. The number of rotatable bonds is 11. The monoisotopic (exact) mass is 554 g/mol. The maximum atomic E-state index is 13.0. The van der Waals surface area contributed by atoms with Crippen LogP contribution in [-0.4, -0.2) is 51.0 Å². The van der Waals surface area contributed by atoms with E-state index in [1.807, 2.05) is 68.4 Å². The van der Waals surface area contributed by atoms with Gasteiger partial charge in [-0.2, -0.15) is 0 Å². The number of alkyl carbamates (subject to hydrolysis) is 1. The van der Waals surface area contributed by atoms with Crippen molar-refractivity contribution in [2.75, 3.05) is 33.9 Å². The number of likely N-dealkylation sites (N-methyl/N-ethyl adjacent to an activating group) is 1. The minimum atomic E-state index is -0.909. The predicted molar refractivity (Wildman–Crippen MR) is 131 cm³/mol. The van der Waals surface area contributed by atoms with Gasteiger partial charge in [-0.05, 0) is 58.7 Å². The average molecular weight is 554 g/mol. The second kappa shape index (κ2) is 12.8. The molecule has 2 atom stereocenters. The Labute approximate surface area is 203 Å². The normalized spacial score (nSPS) is 13.7. The van der Waals surface area contributed by atoms with E-state index in [0.29, 0.717) is 13.2 Å². The fourth-order valence-corrected chi connectivity index (χ4v) is 3.63. The summed E-state index contributed by atoms with van der Waals surface area (Å²) in [4.78, 5) is 30.1. The number of halogens is 1. The molecule has 0 radical (unpaired) electrons. The maximum absolute atomic E-state index is 13.0. The van der Waals surface area contributed by atoms with E-state index in [9.17, 15) is 9.59 Å². The number of ether oxygens (including phenoxy) is 2. The Morgan fingerprint density at radius 2 is 1.88 bits per heavy atom. The molecule has 0 saturated carbocycles. The molecule has 1 N–H and O–H groups in total. The molecule has 2 aromatic rings. The molecule has 7 nitrogen and oxygen atoms in total. The van der Waals surface area contributed by atoms with Crippen molar-refractivity contribution < 1.29 is 23.9 Å². The first-order valence-electron chi connectivity index (χ1n) is 10.4. The lowest BCUT2D eigenvalue weighted by Gasteiger charge is -2.32. The number of carbonyl (C=O) groups is 2. The Hall–Kier alpha value is -2.17. The first kappa shape index (κ1) is 26.1. The van der Waals surface area contributed by atoms with Gasteiger partial charge in [0.25, 0.3) is 5.91 Å². The van der Waals surface area contributed by atoms with Crippen molar-refractivity contribution in [3.8, 4) is 0 Å². The van der Waals surface area contributed by atoms with Crippen LogP contribution in [0.25, 0.3) is 0 Å². The molecule has 2 rings (SSSR count). The van der Waals surface area contributed by atoms with Crippen LogP contribution in [0.1, 0.15) is 25.0 Å². The quantitative estimate of drug-likeness (QED) is 0.334. The molecule has 0 saturated heterocycles. The highest BCUT2D eigenvalue weighted by Gasteiger charge is 2.38. The van der Waals surface area contributed by atoms with E-state index in [1.165, 1.54) is 12.2 Å². The van der Waals surface area contributed by atoms with Gasteiger partial charge in [0.05, 0.1) is 25.7 Å². The van der Waals surface area contributed by atoms with E-state index in [0.717, 1.165) is 14.7 Å². The zero-order valence-electron chi connectivity index (χ0n) is 19.0. The Morgan fingerprint density at radius 3 is 2.53 bits per heavy atom. The van der Waals surface area contributed by atoms with Crippen molar-refractivity contribution in [2.45, 2.75) is 25.9 Å². The zero-order valence-corrected chi connectivity index (χ0v) is 21.1. The fraction of sp³-hybridized carbons (Fsp3) is 0.417. The number of nitrogens with zero attached hydrogens (tertiary/aromatic N) is 1. The number of hydroxylamine groups is 2. The van der Waals surface area contributed by atoms with Crippen molar-refractivity contribution in [3.05, 3.63) is 69.3 Å². The van der Waals surface area contributed by atoms with Gasteiger partial charge >= 0.3 is 6.09 Å². The molecular formula is C24H31IN2O5. The number of amides is 2. The van der Waals surface area contributed by atoms with Crippen LogP contribution in [0.3, 0.4) is 0 Å². The minimum Gasteiger partial charge on any atom is -0.445 e. The lowest BCUT2D eigenvalue weighted by atomic mass is 9.82. The molecule has 2 aromatic carbocycles. The van der Waals surface area contributed by atoms with Crippen molar-refractivity contribution >= 4 is 34.6 Å². The van der Waals surface area contributed by atoms with Gasteiger partial charge in [-0.1, -0.05) is 49.4 Å². The first-order valence-corrected chi connectivity index (χ1v) is 11.4. The van der Waals surface area contributed by atoms with Crippen molar-refractivity contribution in [2.24, 2.45) is 5.92 Å². The molecule has 32 heavy (non-hydrogen) atoms. The van der Waals surface area contributed by atoms with E-state index in [4.69, 9.17) is 14.3 Å². The summed E-state index contributed by atoms with van der Waals surface area (Å²) in [6, 6.07) is 17.3. The summed E-state index contributed by atoms with van der Waals surface area (Å²) in [7, 11) is 3.04. The molecule has 0 aromatic heterocycles. The summed E-state index contributed by atoms with van der Waals surface area (Å²) >= 11 is 2.22. The number of hydrogen-bond donors (Lipinski definition) is 1. The molecule has 8 heteroatoms. The standard InChI is InChI=1S/C24H31IN2O5/c1-18(14-26-23(29)32-16-19-9-6-5-7-10-19)15-31-17-24(2,22(28)27(3)30-4)20-11-8-12-21(25)13-20/h5-13,18H,14-17H2,1-4H3,(H,26,29). The summed E-state index contributed by atoms with van der Waals surface area (Å²) in [5.74, 6) is -0.160. The summed E-state index contributed by atoms with van der Waals surface area (Å²) in [5, 5.41) is 3.97. The Morgan fingerprint density at radius 1 is 1.16 bits per heavy atom. The molecule has 0 aliphatic carbocycles. The van der Waals surface area contributed by atoms with Gasteiger partial charge in [-0.15, -0.1) is 0 Å². The third-order valence-electron chi connectivity index (χ3n) is 5.09. The predicted octanol–water partition coefficient (Wildman–Crippen LogP) is 4.15. The van der Waals surface area contributed by atoms with Crippen LogP contribution in [0, 0.1) is 9.49 Å². The largest absolute Gasteiger partial charge is 0.445 e. The summed E-state index contributed by atoms with van der Waals surface area (Å²) in [5.41, 5.74) is 0.876. The highest BCUT2D eigenvalue weighted by atomic mass is 127. The number of nitrogens with one attached hydrogen (secondary N) is 1. The molecule has 0 spiro atoms. The molecule has 0 aliphatic rings. The number of carbonyl (C=O) groups excluding carboxylic acids is 2. The molecule has 2 unspecified atom stereocenters. The van der Waals surface area contributed by atoms with Crippen LogP contribution >= 0.6 is 22.6 Å². The van der Waals surface area contributed by atoms with E-state index in [2.05, 4.69) is 27.9 Å². The van der Waals surface area contributed by atoms with E-state index in [-0.39, 0.29) is 25.0 Å². The SMILES string of the molecule is CON(C)C(=O)C(C)(COCC(C)CNC(=O)OCc1ccccc1)c1cccc(I)c1. The van der Waals surface area contributed by atoms with Gasteiger partial charge < -0.3 is 14.8 Å². The van der Waals surface area contributed by atoms with Crippen LogP contribution in [0.5, 0.6) is 0 Å². The van der Waals surface area contributed by atoms with Crippen molar-refractivity contribution in [1.29, 1.82) is 0 Å². The molecule has 2 amide bonds. The molecule has 0 heterocycles. The number of hydrogen-bond acceptors (Lipinski definition) is 5. The smallest absolute Gasteiger partial charge is 0.407 e. The average Bonchev–Trinajstić information content (AvgIpc) is 2.80. The van der Waals surface area contributed by atoms with E-state index in [1.54, 1.807) is 7.05 Å². The van der Waals surface area contributed by atoms with Gasteiger partial charge in [-0.3, -0.25) is 9.63 Å². The molecule has 0 aliphatic heterocycles. The second-order valence-corrected chi connectivity index (χ2v) is 9.14. The molecule has 174 valence electrons. The minimum absolute atomic E-state index is 0.0368. The van der Waals surface area contributed by atoms with E-state index < -0.39 is 11.5 Å². The van der Waals surface area contributed by atoms with Crippen LogP contribution in [-0.2, 0) is 31.1 Å². The van der Waals surface area contributed by atoms with Crippen LogP contribution in [0.15, 0.2) is 54.6 Å². The Balaban J connectivity index is 1.86. The highest BCUT2D eigenvalue weighted by Crippen LogP contribution is 2.28. The highest BCUT2D eigenvalue weighted by molar-refractivity contribution is 14.1. The fourth-order valence-electron chi connectivity index (χ4n) is 3.09. The second-order valence-electron chi connectivity index (χ2n) is 7.89. The zero-order chi connectivity index (χ0) is 23.6. The first-order chi connectivity index (χ1) is 15.3. The lowest BCUT2D eigenvalue weighted by molar-refractivity contribution is -0.177. The van der Waals surface area contributed by atoms with Gasteiger partial charge in [0.15, 0.2) is 0 Å². The lowest BCUT2D eigenvalue weighted by Crippen LogP contribution is -2.46. The van der Waals surface area contributed by atoms with Gasteiger partial charge in [0, 0.05) is 17.2 Å². The topological polar surface area (TPSA) is 77.1 Å². The summed E-state index contributed by atoms with van der Waals surface area (Å²) < 4.78 is 12.2. The third-order valence-corrected chi connectivity index (χ3v) is 5.77. The Kier molecular flexibility index (Phi) is 10.4. The van der Waals surface area contributed by atoms with Crippen LogP contribution < -0.4 is 5.32 Å². The van der Waals surface area contributed by atoms with Crippen LogP contribution in [0.4, 0.5) is 4.79 Å². The molecular weight excluding hydrogens is 523 g/mol. The summed E-state index contributed by atoms with van der Waals surface area (Å²) in [6.07, 6.45) is -0.471. The van der Waals surface area contributed by atoms with E-state index >= 15 is 0 Å². The van der Waals surface area contributed by atoms with Crippen LogP contribution in [0.2, 0.25) is 0 Å².